The van der Waals surface area contributed by atoms with E-state index in [1.807, 2.05) is 60.7 Å². The van der Waals surface area contributed by atoms with Gasteiger partial charge >= 0.3 is 0 Å². The van der Waals surface area contributed by atoms with E-state index in [-0.39, 0.29) is 23.7 Å². The molecule has 4 atom stereocenters. The average molecular weight is 527 g/mol. The molecule has 0 amide bonds. The van der Waals surface area contributed by atoms with Gasteiger partial charge in [-0.2, -0.15) is 0 Å². The molecule has 0 radical (unpaired) electrons. The molecule has 1 aliphatic heterocycles. The fourth-order valence-electron chi connectivity index (χ4n) is 4.50. The van der Waals surface area contributed by atoms with Crippen molar-refractivity contribution in [3.8, 4) is 0 Å². The highest BCUT2D eigenvalue weighted by atomic mass is 32.2. The number of hydrogen-bond donors (Lipinski definition) is 0. The third-order valence-electron chi connectivity index (χ3n) is 6.46. The molecular formula is C33H34O4S. The van der Waals surface area contributed by atoms with Crippen molar-refractivity contribution >= 4 is 11.8 Å². The Hall–Kier alpha value is -2.93. The van der Waals surface area contributed by atoms with Gasteiger partial charge < -0.3 is 18.9 Å². The van der Waals surface area contributed by atoms with Crippen molar-refractivity contribution < 1.29 is 18.9 Å². The number of hydrogen-bond acceptors (Lipinski definition) is 5. The molecule has 5 rings (SSSR count). The lowest BCUT2D eigenvalue weighted by Crippen LogP contribution is -2.50. The molecule has 196 valence electrons. The minimum absolute atomic E-state index is 0.0997. The molecule has 4 aromatic carbocycles. The first-order chi connectivity index (χ1) is 18.8. The van der Waals surface area contributed by atoms with Gasteiger partial charge in [-0.15, -0.1) is 0 Å². The van der Waals surface area contributed by atoms with E-state index in [1.165, 1.54) is 0 Å². The lowest BCUT2D eigenvalue weighted by molar-refractivity contribution is -0.192. The summed E-state index contributed by atoms with van der Waals surface area (Å²) >= 11 is 1.68. The Labute approximate surface area is 229 Å². The Bertz CT molecular complexity index is 1190. The van der Waals surface area contributed by atoms with Gasteiger partial charge in [-0.25, -0.2) is 0 Å². The summed E-state index contributed by atoms with van der Waals surface area (Å²) in [5.41, 5.74) is 3.19. The van der Waals surface area contributed by atoms with Crippen molar-refractivity contribution in [3.63, 3.8) is 0 Å². The van der Waals surface area contributed by atoms with Crippen LogP contribution in [0.3, 0.4) is 0 Å². The second-order valence-electron chi connectivity index (χ2n) is 9.39. The summed E-state index contributed by atoms with van der Waals surface area (Å²) in [7, 11) is 0. The highest BCUT2D eigenvalue weighted by Gasteiger charge is 2.41. The van der Waals surface area contributed by atoms with Gasteiger partial charge in [0.05, 0.1) is 38.6 Å². The zero-order valence-electron chi connectivity index (χ0n) is 21.4. The third-order valence-corrected chi connectivity index (χ3v) is 7.62. The summed E-state index contributed by atoms with van der Waals surface area (Å²) in [4.78, 5) is 1.14. The van der Waals surface area contributed by atoms with Crippen molar-refractivity contribution in [2.75, 3.05) is 6.61 Å². The van der Waals surface area contributed by atoms with E-state index in [9.17, 15) is 0 Å². The van der Waals surface area contributed by atoms with Crippen LogP contribution in [0.1, 0.15) is 23.1 Å². The van der Waals surface area contributed by atoms with Gasteiger partial charge in [0.2, 0.25) is 0 Å². The second kappa shape index (κ2) is 14.3. The van der Waals surface area contributed by atoms with Crippen LogP contribution in [-0.4, -0.2) is 30.4 Å². The highest BCUT2D eigenvalue weighted by Crippen LogP contribution is 2.36. The molecule has 0 saturated carbocycles. The molecule has 1 fully saturated rings. The van der Waals surface area contributed by atoms with Crippen LogP contribution in [0.4, 0.5) is 0 Å². The molecule has 3 unspecified atom stereocenters. The fraction of sp³-hybridized carbons (Fsp3) is 0.273. The van der Waals surface area contributed by atoms with Crippen LogP contribution in [0.5, 0.6) is 0 Å². The van der Waals surface area contributed by atoms with Crippen LogP contribution in [0.15, 0.2) is 126 Å². The first-order valence-electron chi connectivity index (χ1n) is 13.1. The van der Waals surface area contributed by atoms with Crippen LogP contribution >= 0.6 is 11.8 Å². The van der Waals surface area contributed by atoms with Gasteiger partial charge in [0.1, 0.15) is 11.5 Å². The third kappa shape index (κ3) is 8.03. The van der Waals surface area contributed by atoms with E-state index < -0.39 is 0 Å². The number of thioether (sulfide) groups is 1. The van der Waals surface area contributed by atoms with E-state index in [1.54, 1.807) is 11.8 Å². The largest absolute Gasteiger partial charge is 0.374 e. The minimum Gasteiger partial charge on any atom is -0.374 e. The van der Waals surface area contributed by atoms with Gasteiger partial charge in [0.25, 0.3) is 0 Å². The predicted molar refractivity (Wildman–Crippen MR) is 152 cm³/mol. The van der Waals surface area contributed by atoms with Crippen LogP contribution in [-0.2, 0) is 38.8 Å². The summed E-state index contributed by atoms with van der Waals surface area (Å²) in [6, 6.07) is 41.1. The molecule has 0 aromatic heterocycles. The maximum Gasteiger partial charge on any atom is 0.136 e. The minimum atomic E-state index is -0.241. The summed E-state index contributed by atoms with van der Waals surface area (Å²) in [6.45, 7) is 2.08. The molecule has 5 heteroatoms. The predicted octanol–water partition coefficient (Wildman–Crippen LogP) is 7.28. The summed E-state index contributed by atoms with van der Waals surface area (Å²) in [5.74, 6) is 0. The van der Waals surface area contributed by atoms with Crippen LogP contribution in [0.25, 0.3) is 0 Å². The van der Waals surface area contributed by atoms with Gasteiger partial charge in [0.15, 0.2) is 0 Å². The number of rotatable bonds is 12. The van der Waals surface area contributed by atoms with Gasteiger partial charge in [-0.1, -0.05) is 121 Å². The van der Waals surface area contributed by atoms with E-state index in [0.717, 1.165) is 21.6 Å². The molecule has 1 saturated heterocycles. The second-order valence-corrected chi connectivity index (χ2v) is 10.6. The molecule has 0 N–H and O–H groups in total. The van der Waals surface area contributed by atoms with Crippen molar-refractivity contribution in [1.29, 1.82) is 0 Å². The standard InChI is InChI=1S/C33H34O4S/c1-5-13-26(14-6-1)22-34-25-29-21-31(35-23-27-15-7-2-8-16-27)32(36-24-28-17-9-3-10-18-28)33(37-29)38-30-19-11-4-12-20-30/h1-20,29,31-33H,21-25H2/t29?,31?,32?,33-/m0/s1. The lowest BCUT2D eigenvalue weighted by Gasteiger charge is -2.41. The van der Waals surface area contributed by atoms with Crippen molar-refractivity contribution in [1.82, 2.24) is 0 Å². The van der Waals surface area contributed by atoms with E-state index in [4.69, 9.17) is 18.9 Å². The molecule has 4 nitrogen and oxygen atoms in total. The fourth-order valence-corrected chi connectivity index (χ4v) is 5.69. The van der Waals surface area contributed by atoms with Crippen molar-refractivity contribution in [2.45, 2.75) is 54.9 Å². The van der Waals surface area contributed by atoms with E-state index in [2.05, 4.69) is 60.7 Å². The first-order valence-corrected chi connectivity index (χ1v) is 14.0. The first kappa shape index (κ1) is 26.7. The monoisotopic (exact) mass is 526 g/mol. The summed E-state index contributed by atoms with van der Waals surface area (Å²) < 4.78 is 25.9. The van der Waals surface area contributed by atoms with Crippen molar-refractivity contribution in [3.05, 3.63) is 138 Å². The molecule has 0 aliphatic carbocycles. The summed E-state index contributed by atoms with van der Waals surface area (Å²) in [5, 5.41) is 0. The van der Waals surface area contributed by atoms with Crippen molar-refractivity contribution in [2.24, 2.45) is 0 Å². The normalized spacial score (nSPS) is 21.3. The molecule has 0 spiro atoms. The highest BCUT2D eigenvalue weighted by molar-refractivity contribution is 7.99. The quantitative estimate of drug-likeness (QED) is 0.194. The summed E-state index contributed by atoms with van der Waals surface area (Å²) in [6.07, 6.45) is 0.221. The molecule has 1 aliphatic rings. The zero-order valence-corrected chi connectivity index (χ0v) is 22.2. The SMILES string of the molecule is c1ccc(COCC2CC(OCc3ccccc3)C(OCc3ccccc3)[C@H](Sc3ccccc3)O2)cc1. The van der Waals surface area contributed by atoms with E-state index in [0.29, 0.717) is 32.8 Å². The Morgan fingerprint density at radius 3 is 1.68 bits per heavy atom. The van der Waals surface area contributed by atoms with Gasteiger partial charge in [-0.3, -0.25) is 0 Å². The Morgan fingerprint density at radius 2 is 1.11 bits per heavy atom. The lowest BCUT2D eigenvalue weighted by atomic mass is 10.0. The smallest absolute Gasteiger partial charge is 0.136 e. The van der Waals surface area contributed by atoms with Crippen LogP contribution < -0.4 is 0 Å². The molecule has 1 heterocycles. The zero-order chi connectivity index (χ0) is 25.8. The topological polar surface area (TPSA) is 36.9 Å². The molecule has 38 heavy (non-hydrogen) atoms. The maximum absolute atomic E-state index is 6.64. The number of ether oxygens (including phenoxy) is 4. The molecule has 0 bridgehead atoms. The van der Waals surface area contributed by atoms with Crippen LogP contribution in [0.2, 0.25) is 0 Å². The number of benzene rings is 4. The maximum atomic E-state index is 6.64. The van der Waals surface area contributed by atoms with E-state index >= 15 is 0 Å². The Kier molecular flexibility index (Phi) is 10.0. The average Bonchev–Trinajstić information content (AvgIpc) is 2.98. The Morgan fingerprint density at radius 1 is 0.605 bits per heavy atom. The van der Waals surface area contributed by atoms with Gasteiger partial charge in [0, 0.05) is 11.3 Å². The Balaban J connectivity index is 1.32. The van der Waals surface area contributed by atoms with Gasteiger partial charge in [-0.05, 0) is 28.8 Å². The molecular weight excluding hydrogens is 492 g/mol. The van der Waals surface area contributed by atoms with Crippen LogP contribution in [0, 0.1) is 0 Å². The molecule has 4 aromatic rings.